The fourth-order valence-corrected chi connectivity index (χ4v) is 4.16. The maximum Gasteiger partial charge on any atom is 0.283 e. The van der Waals surface area contributed by atoms with Crippen LogP contribution in [0.5, 0.6) is 0 Å². The lowest BCUT2D eigenvalue weighted by atomic mass is 10.1. The Kier molecular flexibility index (Phi) is 6.71. The van der Waals surface area contributed by atoms with Gasteiger partial charge in [0.2, 0.25) is 0 Å². The van der Waals surface area contributed by atoms with Gasteiger partial charge in [-0.1, -0.05) is 34.8 Å². The molecule has 7 nitrogen and oxygen atoms in total. The highest BCUT2D eigenvalue weighted by atomic mass is 35.5. The van der Waals surface area contributed by atoms with Crippen LogP contribution >= 0.6 is 34.8 Å². The molecule has 0 aliphatic carbocycles. The second kappa shape index (κ2) is 9.50. The van der Waals surface area contributed by atoms with Crippen LogP contribution in [0.15, 0.2) is 53.2 Å². The van der Waals surface area contributed by atoms with Crippen molar-refractivity contribution >= 4 is 63.9 Å². The minimum Gasteiger partial charge on any atom is -0.376 e. The summed E-state index contributed by atoms with van der Waals surface area (Å²) < 4.78 is 5.49. The molecule has 2 aliphatic heterocycles. The van der Waals surface area contributed by atoms with E-state index in [0.29, 0.717) is 22.8 Å². The van der Waals surface area contributed by atoms with Gasteiger partial charge in [-0.15, -0.1) is 0 Å². The molecule has 2 aliphatic rings. The van der Waals surface area contributed by atoms with E-state index in [1.54, 1.807) is 24.3 Å². The third-order valence-corrected chi connectivity index (χ3v) is 6.00. The van der Waals surface area contributed by atoms with Gasteiger partial charge in [0.1, 0.15) is 10.7 Å². The van der Waals surface area contributed by atoms with Crippen LogP contribution in [0.1, 0.15) is 23.2 Å². The van der Waals surface area contributed by atoms with Crippen LogP contribution in [0, 0.1) is 0 Å². The minimum atomic E-state index is -0.700. The number of anilines is 2. The predicted molar refractivity (Wildman–Crippen MR) is 123 cm³/mol. The number of carbonyl (C=O) groups excluding carboxylic acids is 3. The van der Waals surface area contributed by atoms with E-state index in [0.717, 1.165) is 24.3 Å². The first kappa shape index (κ1) is 22.6. The highest BCUT2D eigenvalue weighted by molar-refractivity contribution is 6.53. The number of benzene rings is 2. The molecule has 32 heavy (non-hydrogen) atoms. The molecule has 3 amide bonds. The van der Waals surface area contributed by atoms with Gasteiger partial charge in [0, 0.05) is 29.4 Å². The average Bonchev–Trinajstić information content (AvgIpc) is 3.37. The van der Waals surface area contributed by atoms with Gasteiger partial charge in [0.05, 0.1) is 16.8 Å². The number of nitrogens with one attached hydrogen (secondary N) is 2. The lowest BCUT2D eigenvalue weighted by Crippen LogP contribution is -2.32. The minimum absolute atomic E-state index is 0.0528. The normalized spacial score (nSPS) is 18.5. The molecule has 0 aromatic heterocycles. The molecule has 2 aromatic carbocycles. The van der Waals surface area contributed by atoms with Gasteiger partial charge < -0.3 is 15.4 Å². The summed E-state index contributed by atoms with van der Waals surface area (Å²) in [5.41, 5.74) is 1.04. The highest BCUT2D eigenvalue weighted by Gasteiger charge is 2.39. The van der Waals surface area contributed by atoms with Crippen molar-refractivity contribution in [2.75, 3.05) is 23.4 Å². The number of carbonyl (C=O) groups is 3. The SMILES string of the molecule is O=C(NCC1CCCO1)c1ccc(NC2=C(Cl)C(=O)N(c3ccc(Cl)cc3Cl)C2=O)cc1. The summed E-state index contributed by atoms with van der Waals surface area (Å²) >= 11 is 18.2. The number of hydrogen-bond donors (Lipinski definition) is 2. The Balaban J connectivity index is 1.44. The smallest absolute Gasteiger partial charge is 0.283 e. The molecule has 1 atom stereocenters. The Morgan fingerprint density at radius 2 is 1.81 bits per heavy atom. The first-order chi connectivity index (χ1) is 15.3. The number of rotatable bonds is 6. The molecule has 1 saturated heterocycles. The molecule has 2 N–H and O–H groups in total. The van der Waals surface area contributed by atoms with Gasteiger partial charge >= 0.3 is 0 Å². The van der Waals surface area contributed by atoms with E-state index < -0.39 is 11.8 Å². The number of nitrogens with zero attached hydrogens (tertiary/aromatic N) is 1. The van der Waals surface area contributed by atoms with Crippen molar-refractivity contribution in [3.05, 3.63) is 68.8 Å². The van der Waals surface area contributed by atoms with Crippen molar-refractivity contribution in [1.29, 1.82) is 0 Å². The van der Waals surface area contributed by atoms with Crippen LogP contribution in [-0.4, -0.2) is 37.0 Å². The predicted octanol–water partition coefficient (Wildman–Crippen LogP) is 4.34. The number of imide groups is 1. The lowest BCUT2D eigenvalue weighted by molar-refractivity contribution is -0.120. The van der Waals surface area contributed by atoms with Crippen molar-refractivity contribution in [3.63, 3.8) is 0 Å². The monoisotopic (exact) mass is 493 g/mol. The fourth-order valence-electron chi connectivity index (χ4n) is 3.46. The Bertz CT molecular complexity index is 1110. The van der Waals surface area contributed by atoms with E-state index in [2.05, 4.69) is 10.6 Å². The first-order valence-electron chi connectivity index (χ1n) is 9.85. The van der Waals surface area contributed by atoms with Crippen molar-refractivity contribution in [2.24, 2.45) is 0 Å². The molecule has 10 heteroatoms. The number of amides is 3. The molecule has 4 rings (SSSR count). The molecule has 0 bridgehead atoms. The lowest BCUT2D eigenvalue weighted by Gasteiger charge is -2.16. The van der Waals surface area contributed by atoms with Gasteiger partial charge in [-0.05, 0) is 55.3 Å². The maximum absolute atomic E-state index is 12.9. The van der Waals surface area contributed by atoms with Crippen molar-refractivity contribution in [1.82, 2.24) is 5.32 Å². The summed E-state index contributed by atoms with van der Waals surface area (Å²) in [6.45, 7) is 1.18. The van der Waals surface area contributed by atoms with Crippen molar-refractivity contribution in [3.8, 4) is 0 Å². The summed E-state index contributed by atoms with van der Waals surface area (Å²) in [5, 5.41) is 5.95. The Labute approximate surface area is 199 Å². The molecule has 0 spiro atoms. The van der Waals surface area contributed by atoms with Crippen LogP contribution in [0.25, 0.3) is 0 Å². The van der Waals surface area contributed by atoms with Crippen LogP contribution in [0.2, 0.25) is 10.0 Å². The Morgan fingerprint density at radius 3 is 2.47 bits per heavy atom. The third kappa shape index (κ3) is 4.61. The second-order valence-electron chi connectivity index (χ2n) is 7.28. The zero-order valence-corrected chi connectivity index (χ0v) is 18.9. The van der Waals surface area contributed by atoms with Gasteiger partial charge in [-0.25, -0.2) is 4.90 Å². The van der Waals surface area contributed by atoms with E-state index in [9.17, 15) is 14.4 Å². The summed E-state index contributed by atoms with van der Waals surface area (Å²) in [6.07, 6.45) is 1.99. The molecule has 0 saturated carbocycles. The number of ether oxygens (including phenoxy) is 1. The largest absolute Gasteiger partial charge is 0.376 e. The standard InChI is InChI=1S/C22H18Cl3N3O4/c23-13-5-8-17(16(24)10-13)28-21(30)18(25)19(22(28)31)27-14-6-3-12(4-7-14)20(29)26-11-15-2-1-9-32-15/h3-8,10,15,27H,1-2,9,11H2,(H,26,29). The third-order valence-electron chi connectivity index (χ3n) is 5.11. The zero-order chi connectivity index (χ0) is 22.8. The zero-order valence-electron chi connectivity index (χ0n) is 16.7. The van der Waals surface area contributed by atoms with E-state index >= 15 is 0 Å². The topological polar surface area (TPSA) is 87.7 Å². The average molecular weight is 495 g/mol. The summed E-state index contributed by atoms with van der Waals surface area (Å²) in [4.78, 5) is 38.7. The maximum atomic E-state index is 12.9. The Hall–Kier alpha value is -2.58. The fraction of sp³-hybridized carbons (Fsp3) is 0.227. The molecular weight excluding hydrogens is 477 g/mol. The van der Waals surface area contributed by atoms with E-state index in [1.807, 2.05) is 0 Å². The quantitative estimate of drug-likeness (QED) is 0.584. The van der Waals surface area contributed by atoms with E-state index in [-0.39, 0.29) is 33.5 Å². The number of halogens is 3. The van der Waals surface area contributed by atoms with Crippen LogP contribution in [0.3, 0.4) is 0 Å². The summed E-state index contributed by atoms with van der Waals surface area (Å²) in [5.74, 6) is -1.57. The molecule has 0 radical (unpaired) electrons. The molecule has 2 heterocycles. The van der Waals surface area contributed by atoms with Gasteiger partial charge in [0.15, 0.2) is 0 Å². The number of hydrogen-bond acceptors (Lipinski definition) is 5. The second-order valence-corrected chi connectivity index (χ2v) is 8.50. The molecular formula is C22H18Cl3N3O4. The molecule has 1 unspecified atom stereocenters. The van der Waals surface area contributed by atoms with E-state index in [1.165, 1.54) is 18.2 Å². The van der Waals surface area contributed by atoms with Crippen molar-refractivity contribution in [2.45, 2.75) is 18.9 Å². The van der Waals surface area contributed by atoms with Crippen LogP contribution in [-0.2, 0) is 14.3 Å². The van der Waals surface area contributed by atoms with Crippen LogP contribution < -0.4 is 15.5 Å². The molecule has 1 fully saturated rings. The Morgan fingerprint density at radius 1 is 1.06 bits per heavy atom. The highest BCUT2D eigenvalue weighted by Crippen LogP contribution is 2.35. The van der Waals surface area contributed by atoms with Crippen LogP contribution in [0.4, 0.5) is 11.4 Å². The first-order valence-corrected chi connectivity index (χ1v) is 11.0. The van der Waals surface area contributed by atoms with Gasteiger partial charge in [-0.3, -0.25) is 14.4 Å². The summed E-state index contributed by atoms with van der Waals surface area (Å²) in [6, 6.07) is 10.9. The molecule has 2 aromatic rings. The van der Waals surface area contributed by atoms with Gasteiger partial charge in [0.25, 0.3) is 17.7 Å². The van der Waals surface area contributed by atoms with Crippen molar-refractivity contribution < 1.29 is 19.1 Å². The summed E-state index contributed by atoms with van der Waals surface area (Å²) in [7, 11) is 0. The van der Waals surface area contributed by atoms with E-state index in [4.69, 9.17) is 39.5 Å². The van der Waals surface area contributed by atoms with Gasteiger partial charge in [-0.2, -0.15) is 0 Å². The molecule has 166 valence electrons.